The number of rotatable bonds is 2. The molecule has 1 aliphatic heterocycles. The third-order valence-corrected chi connectivity index (χ3v) is 3.45. The van der Waals surface area contributed by atoms with E-state index in [2.05, 4.69) is 20.9 Å². The van der Waals surface area contributed by atoms with Gasteiger partial charge in [0.2, 0.25) is 0 Å². The Morgan fingerprint density at radius 2 is 2.35 bits per heavy atom. The van der Waals surface area contributed by atoms with Crippen LogP contribution in [0.5, 0.6) is 0 Å². The number of aliphatic hydroxyl groups is 1. The Hall–Kier alpha value is -0.920. The van der Waals surface area contributed by atoms with Crippen LogP contribution in [0.3, 0.4) is 0 Å². The van der Waals surface area contributed by atoms with Crippen molar-refractivity contribution < 1.29 is 9.84 Å². The van der Waals surface area contributed by atoms with Crippen molar-refractivity contribution in [3.05, 3.63) is 32.6 Å². The summed E-state index contributed by atoms with van der Waals surface area (Å²) in [6.07, 6.45) is 0.310. The maximum atomic E-state index is 11.6. The maximum absolute atomic E-state index is 11.6. The molecule has 1 aromatic rings. The van der Waals surface area contributed by atoms with E-state index in [9.17, 15) is 14.7 Å². The van der Waals surface area contributed by atoms with Gasteiger partial charge in [0.15, 0.2) is 0 Å². The largest absolute Gasteiger partial charge is 0.390 e. The lowest BCUT2D eigenvalue weighted by Crippen LogP contribution is -2.33. The summed E-state index contributed by atoms with van der Waals surface area (Å²) in [4.78, 5) is 25.1. The molecule has 3 atom stereocenters. The van der Waals surface area contributed by atoms with Crippen molar-refractivity contribution in [3.8, 4) is 0 Å². The van der Waals surface area contributed by atoms with Crippen LogP contribution >= 0.6 is 15.9 Å². The number of H-pyrrole nitrogens is 1. The lowest BCUT2D eigenvalue weighted by atomic mass is 10.2. The van der Waals surface area contributed by atoms with Crippen LogP contribution in [-0.4, -0.2) is 32.2 Å². The number of hydrogen-bond acceptors (Lipinski definition) is 4. The van der Waals surface area contributed by atoms with Crippen molar-refractivity contribution in [1.82, 2.24) is 9.55 Å². The SMILES string of the molecule is Cc1cn(C2CC(O)C(CBr)O2)c(=O)[nH]c1=O. The molecule has 0 amide bonds. The molecule has 1 aliphatic rings. The zero-order chi connectivity index (χ0) is 12.6. The highest BCUT2D eigenvalue weighted by Gasteiger charge is 2.34. The van der Waals surface area contributed by atoms with E-state index in [0.717, 1.165) is 0 Å². The van der Waals surface area contributed by atoms with Gasteiger partial charge >= 0.3 is 5.69 Å². The Bertz CT molecular complexity index is 524. The van der Waals surface area contributed by atoms with E-state index in [1.165, 1.54) is 10.8 Å². The fraction of sp³-hybridized carbons (Fsp3) is 0.600. The summed E-state index contributed by atoms with van der Waals surface area (Å²) < 4.78 is 6.84. The molecule has 0 bridgehead atoms. The molecule has 0 radical (unpaired) electrons. The number of ether oxygens (including phenoxy) is 1. The minimum Gasteiger partial charge on any atom is -0.390 e. The summed E-state index contributed by atoms with van der Waals surface area (Å²) in [6.45, 7) is 1.61. The van der Waals surface area contributed by atoms with Gasteiger partial charge in [0.25, 0.3) is 5.56 Å². The predicted molar refractivity (Wildman–Crippen MR) is 64.4 cm³/mol. The maximum Gasteiger partial charge on any atom is 0.330 e. The molecule has 2 heterocycles. The molecule has 0 aromatic carbocycles. The van der Waals surface area contributed by atoms with Crippen molar-refractivity contribution >= 4 is 15.9 Å². The topological polar surface area (TPSA) is 84.3 Å². The molecular weight excluding hydrogens is 292 g/mol. The van der Waals surface area contributed by atoms with Gasteiger partial charge in [-0.2, -0.15) is 0 Å². The van der Waals surface area contributed by atoms with Gasteiger partial charge in [-0.05, 0) is 6.92 Å². The normalized spacial score (nSPS) is 28.5. The zero-order valence-corrected chi connectivity index (χ0v) is 10.8. The summed E-state index contributed by atoms with van der Waals surface area (Å²) >= 11 is 3.23. The first-order valence-corrected chi connectivity index (χ1v) is 6.36. The van der Waals surface area contributed by atoms with Crippen LogP contribution in [0.25, 0.3) is 0 Å². The van der Waals surface area contributed by atoms with Gasteiger partial charge in [-0.25, -0.2) is 4.79 Å². The number of nitrogens with one attached hydrogen (secondary N) is 1. The number of aryl methyl sites for hydroxylation is 1. The van der Waals surface area contributed by atoms with E-state index in [1.54, 1.807) is 6.92 Å². The second-order valence-corrected chi connectivity index (χ2v) is 4.71. The van der Waals surface area contributed by atoms with Crippen LogP contribution in [0.15, 0.2) is 15.8 Å². The van der Waals surface area contributed by atoms with Crippen LogP contribution in [-0.2, 0) is 4.74 Å². The van der Waals surface area contributed by atoms with Crippen molar-refractivity contribution in [3.63, 3.8) is 0 Å². The second-order valence-electron chi connectivity index (χ2n) is 4.07. The Labute approximate surface area is 105 Å². The second kappa shape index (κ2) is 4.75. The molecule has 1 fully saturated rings. The summed E-state index contributed by atoms with van der Waals surface area (Å²) in [7, 11) is 0. The average Bonchev–Trinajstić information content (AvgIpc) is 2.65. The third-order valence-electron chi connectivity index (χ3n) is 2.81. The van der Waals surface area contributed by atoms with Crippen LogP contribution in [0.4, 0.5) is 0 Å². The summed E-state index contributed by atoms with van der Waals surface area (Å²) in [6, 6.07) is 0. The first-order valence-electron chi connectivity index (χ1n) is 5.24. The van der Waals surface area contributed by atoms with Crippen molar-refractivity contribution in [2.75, 3.05) is 5.33 Å². The van der Waals surface area contributed by atoms with Crippen LogP contribution in [0.2, 0.25) is 0 Å². The fourth-order valence-corrected chi connectivity index (χ4v) is 2.41. The highest BCUT2D eigenvalue weighted by Crippen LogP contribution is 2.28. The Morgan fingerprint density at radius 1 is 1.65 bits per heavy atom. The molecule has 7 heteroatoms. The molecule has 0 spiro atoms. The number of aliphatic hydroxyl groups excluding tert-OH is 1. The van der Waals surface area contributed by atoms with Gasteiger partial charge in [0.1, 0.15) is 6.23 Å². The van der Waals surface area contributed by atoms with E-state index >= 15 is 0 Å². The number of aromatic amines is 1. The minimum absolute atomic E-state index is 0.334. The Kier molecular flexibility index (Phi) is 3.50. The van der Waals surface area contributed by atoms with E-state index in [1.807, 2.05) is 0 Å². The molecular formula is C10H13BrN2O4. The number of aromatic nitrogens is 2. The minimum atomic E-state index is -0.612. The van der Waals surface area contributed by atoms with E-state index in [4.69, 9.17) is 4.74 Å². The molecule has 0 aliphatic carbocycles. The van der Waals surface area contributed by atoms with Crippen LogP contribution in [0.1, 0.15) is 18.2 Å². The molecule has 1 saturated heterocycles. The standard InChI is InChI=1S/C10H13BrN2O4/c1-5-4-13(10(16)12-9(5)15)8-2-6(14)7(3-11)17-8/h4,6-8,14H,2-3H2,1H3,(H,12,15,16). The summed E-state index contributed by atoms with van der Waals surface area (Å²) in [5.41, 5.74) is -0.486. The molecule has 94 valence electrons. The Balaban J connectivity index is 2.34. The average molecular weight is 305 g/mol. The molecule has 0 saturated carbocycles. The predicted octanol–water partition coefficient (Wildman–Crippen LogP) is -0.112. The summed E-state index contributed by atoms with van der Waals surface area (Å²) in [5.74, 6) is 0. The van der Waals surface area contributed by atoms with Crippen molar-refractivity contribution in [1.29, 1.82) is 0 Å². The monoisotopic (exact) mass is 304 g/mol. The van der Waals surface area contributed by atoms with Gasteiger partial charge in [-0.3, -0.25) is 14.3 Å². The molecule has 2 N–H and O–H groups in total. The molecule has 1 aromatic heterocycles. The highest BCUT2D eigenvalue weighted by molar-refractivity contribution is 9.09. The number of nitrogens with zero attached hydrogens (tertiary/aromatic N) is 1. The first kappa shape index (κ1) is 12.5. The van der Waals surface area contributed by atoms with Gasteiger partial charge in [0, 0.05) is 23.5 Å². The third kappa shape index (κ3) is 2.36. The number of halogens is 1. The quantitative estimate of drug-likeness (QED) is 0.747. The molecule has 2 rings (SSSR count). The Morgan fingerprint density at radius 3 is 2.94 bits per heavy atom. The van der Waals surface area contributed by atoms with Crippen LogP contribution in [0, 0.1) is 6.92 Å². The number of hydrogen-bond donors (Lipinski definition) is 2. The fourth-order valence-electron chi connectivity index (χ4n) is 1.82. The molecule has 3 unspecified atom stereocenters. The lowest BCUT2D eigenvalue weighted by Gasteiger charge is -2.14. The first-order chi connectivity index (χ1) is 8.02. The van der Waals surface area contributed by atoms with Gasteiger partial charge in [0.05, 0.1) is 12.2 Å². The number of alkyl halides is 1. The van der Waals surface area contributed by atoms with Gasteiger partial charge < -0.3 is 9.84 Å². The smallest absolute Gasteiger partial charge is 0.330 e. The summed E-state index contributed by atoms with van der Waals surface area (Å²) in [5, 5.41) is 10.2. The highest BCUT2D eigenvalue weighted by atomic mass is 79.9. The van der Waals surface area contributed by atoms with E-state index < -0.39 is 23.6 Å². The van der Waals surface area contributed by atoms with Gasteiger partial charge in [-0.15, -0.1) is 0 Å². The van der Waals surface area contributed by atoms with E-state index in [0.29, 0.717) is 17.3 Å². The zero-order valence-electron chi connectivity index (χ0n) is 9.22. The molecule has 17 heavy (non-hydrogen) atoms. The van der Waals surface area contributed by atoms with Gasteiger partial charge in [-0.1, -0.05) is 15.9 Å². The molecule has 6 nitrogen and oxygen atoms in total. The van der Waals surface area contributed by atoms with Crippen molar-refractivity contribution in [2.45, 2.75) is 31.8 Å². The van der Waals surface area contributed by atoms with Crippen LogP contribution < -0.4 is 11.2 Å². The van der Waals surface area contributed by atoms with Crippen molar-refractivity contribution in [2.24, 2.45) is 0 Å². The lowest BCUT2D eigenvalue weighted by molar-refractivity contribution is -0.00704. The van der Waals surface area contributed by atoms with E-state index in [-0.39, 0.29) is 6.10 Å².